The molecule has 150 valence electrons. The zero-order chi connectivity index (χ0) is 20.5. The van der Waals surface area contributed by atoms with Crippen LogP contribution in [0.25, 0.3) is 0 Å². The standard InChI is InChI=1S/C20H21F2NO5/c1-27-17-12-14(7-9-16(17)28-20(21)22)19(26)23-15(8-10-18(24)25)11-13-5-3-2-4-6-13/h2-7,9,12,15,20H,8,10-11H2,1H3,(H,23,26)(H,24,25). The first-order valence-electron chi connectivity index (χ1n) is 8.58. The van der Waals surface area contributed by atoms with E-state index in [0.29, 0.717) is 6.42 Å². The second-order valence-corrected chi connectivity index (χ2v) is 6.04. The van der Waals surface area contributed by atoms with Gasteiger partial charge < -0.3 is 19.9 Å². The maximum absolute atomic E-state index is 12.6. The fourth-order valence-corrected chi connectivity index (χ4v) is 2.69. The molecule has 2 N–H and O–H groups in total. The third-order valence-electron chi connectivity index (χ3n) is 4.01. The second kappa shape index (κ2) is 10.2. The quantitative estimate of drug-likeness (QED) is 0.645. The maximum Gasteiger partial charge on any atom is 0.387 e. The van der Waals surface area contributed by atoms with Gasteiger partial charge in [-0.1, -0.05) is 30.3 Å². The summed E-state index contributed by atoms with van der Waals surface area (Å²) in [5.74, 6) is -1.60. The Hall–Kier alpha value is -3.16. The number of alkyl halides is 2. The molecule has 0 saturated heterocycles. The molecular formula is C20H21F2NO5. The lowest BCUT2D eigenvalue weighted by molar-refractivity contribution is -0.137. The summed E-state index contributed by atoms with van der Waals surface area (Å²) < 4.78 is 34.2. The maximum atomic E-state index is 12.6. The number of amides is 1. The van der Waals surface area contributed by atoms with Gasteiger partial charge in [0.1, 0.15) is 0 Å². The van der Waals surface area contributed by atoms with Crippen molar-refractivity contribution in [1.29, 1.82) is 0 Å². The molecule has 0 heterocycles. The monoisotopic (exact) mass is 393 g/mol. The summed E-state index contributed by atoms with van der Waals surface area (Å²) >= 11 is 0. The van der Waals surface area contributed by atoms with Crippen LogP contribution in [0.2, 0.25) is 0 Å². The molecule has 0 saturated carbocycles. The zero-order valence-corrected chi connectivity index (χ0v) is 15.2. The number of carbonyl (C=O) groups is 2. The van der Waals surface area contributed by atoms with E-state index in [4.69, 9.17) is 9.84 Å². The molecule has 8 heteroatoms. The van der Waals surface area contributed by atoms with Crippen LogP contribution in [0.3, 0.4) is 0 Å². The predicted octanol–water partition coefficient (Wildman–Crippen LogP) is 3.50. The van der Waals surface area contributed by atoms with E-state index in [1.165, 1.54) is 25.3 Å². The highest BCUT2D eigenvalue weighted by atomic mass is 19.3. The van der Waals surface area contributed by atoms with Crippen molar-refractivity contribution in [3.63, 3.8) is 0 Å². The smallest absolute Gasteiger partial charge is 0.387 e. The number of carbonyl (C=O) groups excluding carboxylic acids is 1. The zero-order valence-electron chi connectivity index (χ0n) is 15.2. The first-order chi connectivity index (χ1) is 13.4. The average molecular weight is 393 g/mol. The van der Waals surface area contributed by atoms with Crippen molar-refractivity contribution in [3.05, 3.63) is 59.7 Å². The van der Waals surface area contributed by atoms with Crippen LogP contribution in [0, 0.1) is 0 Å². The van der Waals surface area contributed by atoms with Crippen LogP contribution < -0.4 is 14.8 Å². The number of aliphatic carboxylic acids is 1. The van der Waals surface area contributed by atoms with Gasteiger partial charge in [0.2, 0.25) is 0 Å². The summed E-state index contributed by atoms with van der Waals surface area (Å²) in [5.41, 5.74) is 1.14. The van der Waals surface area contributed by atoms with E-state index >= 15 is 0 Å². The third kappa shape index (κ3) is 6.53. The number of nitrogens with one attached hydrogen (secondary N) is 1. The van der Waals surface area contributed by atoms with E-state index in [2.05, 4.69) is 10.1 Å². The van der Waals surface area contributed by atoms with Gasteiger partial charge in [0.05, 0.1) is 7.11 Å². The molecule has 0 spiro atoms. The van der Waals surface area contributed by atoms with E-state index < -0.39 is 24.5 Å². The lowest BCUT2D eigenvalue weighted by atomic mass is 10.0. The van der Waals surface area contributed by atoms with Gasteiger partial charge in [-0.3, -0.25) is 9.59 Å². The van der Waals surface area contributed by atoms with Gasteiger partial charge in [0.25, 0.3) is 5.91 Å². The third-order valence-corrected chi connectivity index (χ3v) is 4.01. The molecule has 0 radical (unpaired) electrons. The molecular weight excluding hydrogens is 372 g/mol. The molecule has 1 amide bonds. The Balaban J connectivity index is 2.13. The van der Waals surface area contributed by atoms with E-state index in [-0.39, 0.29) is 29.9 Å². The van der Waals surface area contributed by atoms with Crippen molar-refractivity contribution in [2.24, 2.45) is 0 Å². The lowest BCUT2D eigenvalue weighted by Crippen LogP contribution is -2.37. The molecule has 1 unspecified atom stereocenters. The van der Waals surface area contributed by atoms with E-state index in [1.54, 1.807) is 0 Å². The SMILES string of the molecule is COc1cc(C(=O)NC(CCC(=O)O)Cc2ccccc2)ccc1OC(F)F. The molecule has 0 aliphatic carbocycles. The summed E-state index contributed by atoms with van der Waals surface area (Å²) in [6.07, 6.45) is 0.617. The Labute approximate surface area is 161 Å². The number of halogens is 2. The first kappa shape index (κ1) is 21.1. The summed E-state index contributed by atoms with van der Waals surface area (Å²) in [5, 5.41) is 11.7. The van der Waals surface area contributed by atoms with Gasteiger partial charge in [-0.15, -0.1) is 0 Å². The molecule has 2 aromatic rings. The molecule has 2 rings (SSSR count). The van der Waals surface area contributed by atoms with Gasteiger partial charge in [0.15, 0.2) is 11.5 Å². The van der Waals surface area contributed by atoms with Crippen LogP contribution in [-0.4, -0.2) is 36.7 Å². The minimum atomic E-state index is -3.01. The van der Waals surface area contributed by atoms with Crippen molar-refractivity contribution in [1.82, 2.24) is 5.32 Å². The molecule has 0 fully saturated rings. The molecule has 6 nitrogen and oxygen atoms in total. The molecule has 0 aliphatic heterocycles. The molecule has 0 aliphatic rings. The summed E-state index contributed by atoms with van der Waals surface area (Å²) in [4.78, 5) is 23.5. The van der Waals surface area contributed by atoms with E-state index in [1.807, 2.05) is 30.3 Å². The van der Waals surface area contributed by atoms with Gasteiger partial charge >= 0.3 is 12.6 Å². The highest BCUT2D eigenvalue weighted by Crippen LogP contribution is 2.29. The largest absolute Gasteiger partial charge is 0.493 e. The number of carboxylic acid groups (broad SMARTS) is 1. The van der Waals surface area contributed by atoms with Gasteiger partial charge in [-0.2, -0.15) is 8.78 Å². The summed E-state index contributed by atoms with van der Waals surface area (Å²) in [6, 6.07) is 12.8. The van der Waals surface area contributed by atoms with Crippen LogP contribution in [0.5, 0.6) is 11.5 Å². The van der Waals surface area contributed by atoms with Gasteiger partial charge in [0, 0.05) is 18.0 Å². The van der Waals surface area contributed by atoms with Crippen molar-refractivity contribution in [3.8, 4) is 11.5 Å². The molecule has 1 atom stereocenters. The molecule has 2 aromatic carbocycles. The van der Waals surface area contributed by atoms with Gasteiger partial charge in [-0.05, 0) is 36.6 Å². The number of ether oxygens (including phenoxy) is 2. The number of benzene rings is 2. The van der Waals surface area contributed by atoms with Gasteiger partial charge in [-0.25, -0.2) is 0 Å². The predicted molar refractivity (Wildman–Crippen MR) is 97.9 cm³/mol. The normalized spacial score (nSPS) is 11.7. The number of hydrogen-bond donors (Lipinski definition) is 2. The Morgan fingerprint density at radius 3 is 2.43 bits per heavy atom. The molecule has 0 bridgehead atoms. The van der Waals surface area contributed by atoms with Crippen molar-refractivity contribution < 1.29 is 33.0 Å². The topological polar surface area (TPSA) is 84.9 Å². The number of hydrogen-bond acceptors (Lipinski definition) is 4. The Kier molecular flexibility index (Phi) is 7.74. The number of carboxylic acids is 1. The van der Waals surface area contributed by atoms with Crippen LogP contribution in [0.1, 0.15) is 28.8 Å². The van der Waals surface area contributed by atoms with Crippen LogP contribution >= 0.6 is 0 Å². The highest BCUT2D eigenvalue weighted by molar-refractivity contribution is 5.95. The Morgan fingerprint density at radius 1 is 1.11 bits per heavy atom. The summed E-state index contributed by atoms with van der Waals surface area (Å²) in [7, 11) is 1.28. The van der Waals surface area contributed by atoms with Crippen molar-refractivity contribution in [2.75, 3.05) is 7.11 Å². The fraction of sp³-hybridized carbons (Fsp3) is 0.300. The fourth-order valence-electron chi connectivity index (χ4n) is 2.69. The Morgan fingerprint density at radius 2 is 1.82 bits per heavy atom. The molecule has 28 heavy (non-hydrogen) atoms. The number of methoxy groups -OCH3 is 1. The van der Waals surface area contributed by atoms with E-state index in [9.17, 15) is 18.4 Å². The minimum Gasteiger partial charge on any atom is -0.493 e. The van der Waals surface area contributed by atoms with Crippen LogP contribution in [-0.2, 0) is 11.2 Å². The first-order valence-corrected chi connectivity index (χ1v) is 8.58. The number of rotatable bonds is 10. The Bertz CT molecular complexity index is 798. The summed E-state index contributed by atoms with van der Waals surface area (Å²) in [6.45, 7) is -3.01. The minimum absolute atomic E-state index is 0.00176. The molecule has 0 aromatic heterocycles. The highest BCUT2D eigenvalue weighted by Gasteiger charge is 2.18. The average Bonchev–Trinajstić information content (AvgIpc) is 2.66. The lowest BCUT2D eigenvalue weighted by Gasteiger charge is -2.19. The van der Waals surface area contributed by atoms with E-state index in [0.717, 1.165) is 5.56 Å². The van der Waals surface area contributed by atoms with Crippen molar-refractivity contribution >= 4 is 11.9 Å². The second-order valence-electron chi connectivity index (χ2n) is 6.04. The van der Waals surface area contributed by atoms with Crippen molar-refractivity contribution in [2.45, 2.75) is 31.9 Å². The van der Waals surface area contributed by atoms with Crippen LogP contribution in [0.15, 0.2) is 48.5 Å². The van der Waals surface area contributed by atoms with Crippen LogP contribution in [0.4, 0.5) is 8.78 Å².